The lowest BCUT2D eigenvalue weighted by Crippen LogP contribution is -2.47. The summed E-state index contributed by atoms with van der Waals surface area (Å²) >= 11 is 0. The molecule has 4 heteroatoms. The Bertz CT molecular complexity index is 730. The van der Waals surface area contributed by atoms with Gasteiger partial charge in [0.25, 0.3) is 5.91 Å². The second-order valence-corrected chi connectivity index (χ2v) is 6.29. The van der Waals surface area contributed by atoms with Gasteiger partial charge in [0, 0.05) is 31.8 Å². The van der Waals surface area contributed by atoms with Crippen molar-refractivity contribution in [2.45, 2.75) is 0 Å². The molecule has 25 heavy (non-hydrogen) atoms. The predicted molar refractivity (Wildman–Crippen MR) is 101 cm³/mol. The molecule has 0 unspecified atom stereocenters. The number of benzene rings is 2. The fraction of sp³-hybridized carbons (Fsp3) is 0.286. The van der Waals surface area contributed by atoms with E-state index in [9.17, 15) is 4.79 Å². The molecule has 0 aliphatic carbocycles. The first-order valence-corrected chi connectivity index (χ1v) is 8.56. The first kappa shape index (κ1) is 17.2. The van der Waals surface area contributed by atoms with E-state index in [1.54, 1.807) is 7.11 Å². The van der Waals surface area contributed by atoms with Crippen molar-refractivity contribution < 1.29 is 9.53 Å². The summed E-state index contributed by atoms with van der Waals surface area (Å²) < 4.78 is 5.21. The monoisotopic (exact) mass is 336 g/mol. The third-order valence-electron chi connectivity index (χ3n) is 4.53. The fourth-order valence-corrected chi connectivity index (χ4v) is 2.93. The molecule has 4 nitrogen and oxygen atoms in total. The zero-order valence-corrected chi connectivity index (χ0v) is 14.8. The normalized spacial score (nSPS) is 15.9. The van der Waals surface area contributed by atoms with Gasteiger partial charge >= 0.3 is 0 Å². The lowest BCUT2D eigenvalue weighted by molar-refractivity contribution is -0.126. The van der Waals surface area contributed by atoms with E-state index in [4.69, 9.17) is 4.74 Å². The van der Waals surface area contributed by atoms with E-state index in [2.05, 4.69) is 11.9 Å². The number of amides is 1. The van der Waals surface area contributed by atoms with E-state index in [-0.39, 0.29) is 5.91 Å². The maximum Gasteiger partial charge on any atom is 0.254 e. The summed E-state index contributed by atoms with van der Waals surface area (Å²) in [6.45, 7) is 3.36. The number of methoxy groups -OCH3 is 1. The van der Waals surface area contributed by atoms with Crippen LogP contribution in [0.2, 0.25) is 0 Å². The van der Waals surface area contributed by atoms with Gasteiger partial charge in [0.2, 0.25) is 0 Å². The average Bonchev–Trinajstić information content (AvgIpc) is 2.67. The van der Waals surface area contributed by atoms with E-state index in [1.165, 1.54) is 0 Å². The minimum Gasteiger partial charge on any atom is -0.497 e. The highest BCUT2D eigenvalue weighted by molar-refractivity contribution is 6.24. The van der Waals surface area contributed by atoms with Crippen molar-refractivity contribution in [1.29, 1.82) is 0 Å². The Labute approximate surface area is 149 Å². The Morgan fingerprint density at radius 3 is 2.20 bits per heavy atom. The summed E-state index contributed by atoms with van der Waals surface area (Å²) in [6, 6.07) is 17.6. The number of ether oxygens (including phenoxy) is 1. The van der Waals surface area contributed by atoms with E-state index < -0.39 is 0 Å². The summed E-state index contributed by atoms with van der Waals surface area (Å²) in [4.78, 5) is 17.3. The molecule has 1 heterocycles. The summed E-state index contributed by atoms with van der Waals surface area (Å²) in [5.74, 6) is 0.902. The maximum absolute atomic E-state index is 13.1. The number of likely N-dealkylation sites (N-methyl/N-ethyl adjacent to an activating group) is 1. The van der Waals surface area contributed by atoms with Crippen LogP contribution in [0.3, 0.4) is 0 Å². The number of nitrogens with zero attached hydrogens (tertiary/aromatic N) is 2. The third kappa shape index (κ3) is 4.28. The molecule has 3 rings (SSSR count). The smallest absolute Gasteiger partial charge is 0.254 e. The standard InChI is InChI=1S/C21H24N2O2/c1-22-12-14-23(15-13-22)21(24)20(18-6-4-3-5-7-18)16-17-8-10-19(25-2)11-9-17/h3-11,16H,12-15H2,1-2H3. The van der Waals surface area contributed by atoms with Crippen LogP contribution in [0.5, 0.6) is 5.75 Å². The Morgan fingerprint density at radius 2 is 1.60 bits per heavy atom. The molecule has 2 aromatic carbocycles. The highest BCUT2D eigenvalue weighted by Gasteiger charge is 2.23. The maximum atomic E-state index is 13.1. The molecule has 0 bridgehead atoms. The summed E-state index contributed by atoms with van der Waals surface area (Å²) in [5.41, 5.74) is 2.67. The van der Waals surface area contributed by atoms with Crippen LogP contribution < -0.4 is 4.74 Å². The molecule has 2 aromatic rings. The van der Waals surface area contributed by atoms with E-state index in [0.29, 0.717) is 0 Å². The van der Waals surface area contributed by atoms with Crippen molar-refractivity contribution in [3.8, 4) is 5.75 Å². The molecular weight excluding hydrogens is 312 g/mol. The van der Waals surface area contributed by atoms with Crippen molar-refractivity contribution in [2.75, 3.05) is 40.3 Å². The van der Waals surface area contributed by atoms with Gasteiger partial charge in [-0.3, -0.25) is 4.79 Å². The zero-order valence-electron chi connectivity index (χ0n) is 14.8. The third-order valence-corrected chi connectivity index (χ3v) is 4.53. The topological polar surface area (TPSA) is 32.8 Å². The molecule has 0 atom stereocenters. The van der Waals surface area contributed by atoms with E-state index in [0.717, 1.165) is 48.6 Å². The molecule has 0 spiro atoms. The molecule has 130 valence electrons. The molecule has 1 saturated heterocycles. The molecule has 0 radical (unpaired) electrons. The number of carbonyl (C=O) groups excluding carboxylic acids is 1. The Hall–Kier alpha value is -2.59. The van der Waals surface area contributed by atoms with Crippen molar-refractivity contribution in [2.24, 2.45) is 0 Å². The number of piperazine rings is 1. The molecule has 1 fully saturated rings. The van der Waals surface area contributed by atoms with E-state index >= 15 is 0 Å². The molecular formula is C21H24N2O2. The van der Waals surface area contributed by atoms with Gasteiger partial charge in [-0.2, -0.15) is 0 Å². The zero-order chi connectivity index (χ0) is 17.6. The second kappa shape index (κ2) is 7.99. The first-order valence-electron chi connectivity index (χ1n) is 8.56. The van der Waals surface area contributed by atoms with Crippen LogP contribution in [0, 0.1) is 0 Å². The van der Waals surface area contributed by atoms with Gasteiger partial charge in [-0.1, -0.05) is 42.5 Å². The summed E-state index contributed by atoms with van der Waals surface area (Å²) in [5, 5.41) is 0. The van der Waals surface area contributed by atoms with E-state index in [1.807, 2.05) is 65.6 Å². The molecule has 1 aliphatic heterocycles. The predicted octanol–water partition coefficient (Wildman–Crippen LogP) is 3.01. The second-order valence-electron chi connectivity index (χ2n) is 6.29. The van der Waals surface area contributed by atoms with Crippen molar-refractivity contribution in [1.82, 2.24) is 9.80 Å². The quantitative estimate of drug-likeness (QED) is 0.636. The van der Waals surface area contributed by atoms with Crippen LogP contribution in [0.1, 0.15) is 11.1 Å². The lowest BCUT2D eigenvalue weighted by Gasteiger charge is -2.33. The highest BCUT2D eigenvalue weighted by atomic mass is 16.5. The Morgan fingerprint density at radius 1 is 0.960 bits per heavy atom. The molecule has 1 amide bonds. The minimum atomic E-state index is 0.0927. The fourth-order valence-electron chi connectivity index (χ4n) is 2.93. The van der Waals surface area contributed by atoms with Crippen LogP contribution in [-0.4, -0.2) is 56.0 Å². The number of hydrogen-bond donors (Lipinski definition) is 0. The molecule has 0 N–H and O–H groups in total. The van der Waals surface area contributed by atoms with Crippen LogP contribution in [0.4, 0.5) is 0 Å². The van der Waals surface area contributed by atoms with Crippen LogP contribution in [-0.2, 0) is 4.79 Å². The number of carbonyl (C=O) groups is 1. The first-order chi connectivity index (χ1) is 12.2. The number of rotatable bonds is 4. The van der Waals surface area contributed by atoms with Gasteiger partial charge < -0.3 is 14.5 Å². The Kier molecular flexibility index (Phi) is 5.51. The molecule has 0 aromatic heterocycles. The van der Waals surface area contributed by atoms with Crippen molar-refractivity contribution >= 4 is 17.6 Å². The lowest BCUT2D eigenvalue weighted by atomic mass is 10.0. The van der Waals surface area contributed by atoms with Crippen molar-refractivity contribution in [3.63, 3.8) is 0 Å². The SMILES string of the molecule is COc1ccc(C=C(C(=O)N2CCN(C)CC2)c2ccccc2)cc1. The highest BCUT2D eigenvalue weighted by Crippen LogP contribution is 2.23. The molecule has 1 aliphatic rings. The van der Waals surface area contributed by atoms with Gasteiger partial charge in [0.15, 0.2) is 0 Å². The van der Waals surface area contributed by atoms with Gasteiger partial charge in [-0.15, -0.1) is 0 Å². The molecule has 0 saturated carbocycles. The summed E-state index contributed by atoms with van der Waals surface area (Å²) in [6.07, 6.45) is 1.97. The summed E-state index contributed by atoms with van der Waals surface area (Å²) in [7, 11) is 3.74. The van der Waals surface area contributed by atoms with Crippen LogP contribution in [0.25, 0.3) is 11.6 Å². The van der Waals surface area contributed by atoms with Gasteiger partial charge in [0.05, 0.1) is 7.11 Å². The minimum absolute atomic E-state index is 0.0927. The number of hydrogen-bond acceptors (Lipinski definition) is 3. The van der Waals surface area contributed by atoms with Crippen LogP contribution >= 0.6 is 0 Å². The van der Waals surface area contributed by atoms with Gasteiger partial charge in [0.1, 0.15) is 5.75 Å². The average molecular weight is 336 g/mol. The van der Waals surface area contributed by atoms with Crippen molar-refractivity contribution in [3.05, 3.63) is 65.7 Å². The van der Waals surface area contributed by atoms with Gasteiger partial charge in [-0.25, -0.2) is 0 Å². The van der Waals surface area contributed by atoms with Crippen LogP contribution in [0.15, 0.2) is 54.6 Å². The Balaban J connectivity index is 1.92. The van der Waals surface area contributed by atoms with Gasteiger partial charge in [-0.05, 0) is 36.4 Å². The largest absolute Gasteiger partial charge is 0.497 e.